The number of nitriles is 1. The largest absolute Gasteiger partial charge is 0.360 e. The van der Waals surface area contributed by atoms with Gasteiger partial charge in [-0.3, -0.25) is 9.59 Å². The van der Waals surface area contributed by atoms with Crippen LogP contribution in [0, 0.1) is 18.3 Å². The molecular weight excluding hydrogens is 296 g/mol. The van der Waals surface area contributed by atoms with Gasteiger partial charge in [-0.1, -0.05) is 23.4 Å². The number of hydrogen-bond acceptors (Lipinski definition) is 5. The molecule has 1 aromatic carbocycles. The highest BCUT2D eigenvalue weighted by atomic mass is 16.5. The fourth-order valence-corrected chi connectivity index (χ4v) is 2.44. The molecule has 1 aromatic heterocycles. The predicted molar refractivity (Wildman–Crippen MR) is 82.3 cm³/mol. The summed E-state index contributed by atoms with van der Waals surface area (Å²) in [6.07, 6.45) is 0. The van der Waals surface area contributed by atoms with Crippen LogP contribution < -0.4 is 10.2 Å². The summed E-state index contributed by atoms with van der Waals surface area (Å²) in [6, 6.07) is 10.3. The molecule has 0 bridgehead atoms. The number of anilines is 2. The predicted octanol–water partition coefficient (Wildman–Crippen LogP) is 1.88. The van der Waals surface area contributed by atoms with Crippen molar-refractivity contribution >= 4 is 28.9 Å². The fourth-order valence-electron chi connectivity index (χ4n) is 2.44. The molecule has 114 valence electrons. The second-order valence-electron chi connectivity index (χ2n) is 5.02. The van der Waals surface area contributed by atoms with Gasteiger partial charge in [0, 0.05) is 18.7 Å². The third-order valence-corrected chi connectivity index (χ3v) is 3.51. The van der Waals surface area contributed by atoms with Crippen LogP contribution in [0.5, 0.6) is 0 Å². The second kappa shape index (κ2) is 5.42. The lowest BCUT2D eigenvalue weighted by Crippen LogP contribution is -2.23. The Balaban J connectivity index is 2.05. The monoisotopic (exact) mass is 308 g/mol. The van der Waals surface area contributed by atoms with Gasteiger partial charge in [-0.15, -0.1) is 0 Å². The first kappa shape index (κ1) is 14.5. The third-order valence-electron chi connectivity index (χ3n) is 3.51. The number of carbonyl (C=O) groups is 2. The van der Waals surface area contributed by atoms with Crippen LogP contribution in [0.15, 0.2) is 40.4 Å². The van der Waals surface area contributed by atoms with Gasteiger partial charge in [0.05, 0.1) is 11.3 Å². The van der Waals surface area contributed by atoms with E-state index in [1.54, 1.807) is 38.2 Å². The summed E-state index contributed by atoms with van der Waals surface area (Å²) in [7, 11) is 1.60. The molecule has 7 heteroatoms. The number of nitrogens with zero attached hydrogens (tertiary/aromatic N) is 3. The number of carbonyl (C=O) groups excluding carboxylic acids is 2. The lowest BCUT2D eigenvalue weighted by atomic mass is 10.0. The summed E-state index contributed by atoms with van der Waals surface area (Å²) >= 11 is 0. The first-order valence-corrected chi connectivity index (χ1v) is 6.79. The number of hydrogen-bond donors (Lipinski definition) is 1. The second-order valence-corrected chi connectivity index (χ2v) is 5.02. The Labute approximate surface area is 131 Å². The molecule has 2 aromatic rings. The first-order valence-electron chi connectivity index (χ1n) is 6.79. The summed E-state index contributed by atoms with van der Waals surface area (Å²) in [5.74, 6) is -0.384. The highest BCUT2D eigenvalue weighted by molar-refractivity contribution is 6.37. The number of amides is 2. The highest BCUT2D eigenvalue weighted by Crippen LogP contribution is 2.37. The molecule has 0 aliphatic carbocycles. The Kier molecular flexibility index (Phi) is 3.43. The molecule has 1 aliphatic rings. The van der Waals surface area contributed by atoms with Crippen molar-refractivity contribution in [1.82, 2.24) is 5.16 Å². The van der Waals surface area contributed by atoms with E-state index in [1.807, 2.05) is 6.07 Å². The van der Waals surface area contributed by atoms with Crippen molar-refractivity contribution < 1.29 is 14.1 Å². The number of para-hydroxylation sites is 1. The molecule has 0 unspecified atom stereocenters. The van der Waals surface area contributed by atoms with Gasteiger partial charge in [0.25, 0.3) is 11.8 Å². The van der Waals surface area contributed by atoms with Gasteiger partial charge < -0.3 is 14.7 Å². The summed E-state index contributed by atoms with van der Waals surface area (Å²) < 4.78 is 4.86. The van der Waals surface area contributed by atoms with Crippen LogP contribution >= 0.6 is 0 Å². The molecule has 7 nitrogen and oxygen atoms in total. The van der Waals surface area contributed by atoms with Crippen LogP contribution in [0.4, 0.5) is 11.5 Å². The number of aryl methyl sites for hydroxylation is 1. The minimum atomic E-state index is -0.700. The zero-order valence-corrected chi connectivity index (χ0v) is 12.5. The van der Waals surface area contributed by atoms with E-state index in [0.717, 1.165) is 0 Å². The van der Waals surface area contributed by atoms with E-state index < -0.39 is 11.8 Å². The maximum Gasteiger partial charge on any atom is 0.268 e. The standard InChI is InChI=1S/C16H12N4O3/c1-9-7-13(19-23-9)18-15(21)11(8-17)14-10-5-3-4-6-12(10)20(2)16(14)22/h3-7H,1-2H3,(H,18,19,21). The van der Waals surface area contributed by atoms with Crippen molar-refractivity contribution in [2.24, 2.45) is 0 Å². The van der Waals surface area contributed by atoms with Gasteiger partial charge in [0.1, 0.15) is 17.4 Å². The smallest absolute Gasteiger partial charge is 0.268 e. The lowest BCUT2D eigenvalue weighted by Gasteiger charge is -2.08. The SMILES string of the molecule is Cc1cc(NC(=O)C(C#N)=C2C(=O)N(C)c3ccccc32)no1. The minimum absolute atomic E-state index is 0.0864. The van der Waals surface area contributed by atoms with Gasteiger partial charge in [-0.2, -0.15) is 5.26 Å². The van der Waals surface area contributed by atoms with Crippen LogP contribution in [-0.4, -0.2) is 24.0 Å². The summed E-state index contributed by atoms with van der Waals surface area (Å²) in [5.41, 5.74) is 1.05. The average Bonchev–Trinajstić information content (AvgIpc) is 3.05. The lowest BCUT2D eigenvalue weighted by molar-refractivity contribution is -0.114. The molecule has 0 atom stereocenters. The Hall–Kier alpha value is -3.40. The minimum Gasteiger partial charge on any atom is -0.360 e. The Morgan fingerprint density at radius 3 is 2.78 bits per heavy atom. The van der Waals surface area contributed by atoms with E-state index in [0.29, 0.717) is 17.0 Å². The number of rotatable bonds is 2. The normalized spacial score (nSPS) is 15.2. The number of benzene rings is 1. The molecule has 1 N–H and O–H groups in total. The van der Waals surface area contributed by atoms with E-state index in [9.17, 15) is 14.9 Å². The molecular formula is C16H12N4O3. The van der Waals surface area contributed by atoms with Crippen molar-refractivity contribution in [3.8, 4) is 6.07 Å². The van der Waals surface area contributed by atoms with E-state index in [-0.39, 0.29) is 17.0 Å². The molecule has 0 radical (unpaired) electrons. The molecule has 0 fully saturated rings. The Morgan fingerprint density at radius 1 is 1.39 bits per heavy atom. The first-order chi connectivity index (χ1) is 11.0. The highest BCUT2D eigenvalue weighted by Gasteiger charge is 2.34. The fraction of sp³-hybridized carbons (Fsp3) is 0.125. The van der Waals surface area contributed by atoms with Gasteiger partial charge in [-0.05, 0) is 13.0 Å². The molecule has 1 aliphatic heterocycles. The summed E-state index contributed by atoms with van der Waals surface area (Å²) in [4.78, 5) is 26.2. The topological polar surface area (TPSA) is 99.2 Å². The quantitative estimate of drug-likeness (QED) is 0.674. The molecule has 23 heavy (non-hydrogen) atoms. The summed E-state index contributed by atoms with van der Waals surface area (Å²) in [6.45, 7) is 1.68. The van der Waals surface area contributed by atoms with Crippen molar-refractivity contribution in [2.45, 2.75) is 6.92 Å². The zero-order valence-electron chi connectivity index (χ0n) is 12.5. The number of nitrogens with one attached hydrogen (secondary N) is 1. The van der Waals surface area contributed by atoms with Gasteiger partial charge in [-0.25, -0.2) is 0 Å². The van der Waals surface area contributed by atoms with E-state index in [1.165, 1.54) is 11.0 Å². The van der Waals surface area contributed by atoms with E-state index in [4.69, 9.17) is 4.52 Å². The van der Waals surface area contributed by atoms with Crippen LogP contribution in [0.1, 0.15) is 11.3 Å². The van der Waals surface area contributed by atoms with Gasteiger partial charge in [0.15, 0.2) is 5.82 Å². The van der Waals surface area contributed by atoms with Crippen LogP contribution in [0.3, 0.4) is 0 Å². The zero-order chi connectivity index (χ0) is 16.6. The molecule has 2 amide bonds. The molecule has 3 rings (SSSR count). The molecule has 0 saturated carbocycles. The van der Waals surface area contributed by atoms with Crippen molar-refractivity contribution in [3.63, 3.8) is 0 Å². The Morgan fingerprint density at radius 2 is 2.13 bits per heavy atom. The molecule has 2 heterocycles. The molecule has 0 spiro atoms. The van der Waals surface area contributed by atoms with Gasteiger partial charge >= 0.3 is 0 Å². The summed E-state index contributed by atoms with van der Waals surface area (Å²) in [5, 5.41) is 15.5. The maximum atomic E-state index is 12.4. The van der Waals surface area contributed by atoms with Crippen LogP contribution in [0.25, 0.3) is 5.57 Å². The number of fused-ring (bicyclic) bond motifs is 1. The third kappa shape index (κ3) is 2.36. The van der Waals surface area contributed by atoms with Crippen molar-refractivity contribution in [2.75, 3.05) is 17.3 Å². The van der Waals surface area contributed by atoms with E-state index >= 15 is 0 Å². The number of likely N-dealkylation sites (N-methyl/N-ethyl adjacent to an activating group) is 1. The van der Waals surface area contributed by atoms with Crippen LogP contribution in [-0.2, 0) is 9.59 Å². The maximum absolute atomic E-state index is 12.4. The average molecular weight is 308 g/mol. The molecule has 0 saturated heterocycles. The van der Waals surface area contributed by atoms with Crippen molar-refractivity contribution in [3.05, 3.63) is 47.2 Å². The van der Waals surface area contributed by atoms with E-state index in [2.05, 4.69) is 10.5 Å². The van der Waals surface area contributed by atoms with Crippen molar-refractivity contribution in [1.29, 1.82) is 5.26 Å². The number of aromatic nitrogens is 1. The van der Waals surface area contributed by atoms with Crippen LogP contribution in [0.2, 0.25) is 0 Å². The van der Waals surface area contributed by atoms with Gasteiger partial charge in [0.2, 0.25) is 0 Å². The Bertz CT molecular complexity index is 889.